The Bertz CT molecular complexity index is 1900. The van der Waals surface area contributed by atoms with Crippen molar-refractivity contribution < 1.29 is 27.8 Å². The molecule has 11 heteroatoms. The summed E-state index contributed by atoms with van der Waals surface area (Å²) < 4.78 is 88.3. The molecule has 0 unspecified atom stereocenters. The predicted octanol–water partition coefficient (Wildman–Crippen LogP) is 7.22. The van der Waals surface area contributed by atoms with Gasteiger partial charge in [0.15, 0.2) is 5.16 Å². The number of rotatable bonds is 13. The molecular formula is C36H38F4N4O2S. The molecule has 6 nitrogen and oxygen atoms in total. The summed E-state index contributed by atoms with van der Waals surface area (Å²) in [6.07, 6.45) is -2.79. The standard InChI is InChI=1S/C36H38F4N4O2S/c1-3-42(4-2)20-21-43(22-25-8-12-27(13-9-25)28-14-16-29(17-15-28)36(38,39)40)33(45)23-44-32-7-5-6-31(32)34(46)41-35(44)47-24-26-10-18-30(37)19-11-26/h8-19H,3-7,20-24H2,1-2H3/i3D2,24D2. The van der Waals surface area contributed by atoms with Gasteiger partial charge >= 0.3 is 6.18 Å². The zero-order valence-electron chi connectivity index (χ0n) is 30.1. The highest BCUT2D eigenvalue weighted by Gasteiger charge is 2.30. The minimum atomic E-state index is -4.44. The van der Waals surface area contributed by atoms with Gasteiger partial charge in [0.25, 0.3) is 5.56 Å². The molecule has 1 aliphatic rings. The fraction of sp³-hybridized carbons (Fsp3) is 0.361. The molecule has 0 atom stereocenters. The number of likely N-dealkylation sites (N-methyl/N-ethyl adjacent to an activating group) is 1. The number of carbonyl (C=O) groups excluding carboxylic acids is 1. The van der Waals surface area contributed by atoms with Crippen LogP contribution in [0.3, 0.4) is 0 Å². The zero-order chi connectivity index (χ0) is 37.1. The smallest absolute Gasteiger partial charge is 0.336 e. The Kier molecular flexibility index (Phi) is 9.50. The number of amides is 1. The number of thioether (sulfide) groups is 1. The second-order valence-corrected chi connectivity index (χ2v) is 11.9. The Morgan fingerprint density at radius 1 is 0.936 bits per heavy atom. The number of hydrogen-bond donors (Lipinski definition) is 0. The minimum absolute atomic E-state index is 0.0178. The summed E-state index contributed by atoms with van der Waals surface area (Å²) in [6.45, 7) is 2.24. The third-order valence-corrected chi connectivity index (χ3v) is 8.99. The summed E-state index contributed by atoms with van der Waals surface area (Å²) in [7, 11) is 0. The molecule has 5 rings (SSSR count). The normalized spacial score (nSPS) is 14.7. The maximum atomic E-state index is 14.2. The van der Waals surface area contributed by atoms with Crippen LogP contribution in [0.15, 0.2) is 82.7 Å². The lowest BCUT2D eigenvalue weighted by atomic mass is 10.0. The van der Waals surface area contributed by atoms with E-state index in [1.807, 2.05) is 6.92 Å². The molecule has 3 aromatic carbocycles. The molecule has 4 aromatic rings. The van der Waals surface area contributed by atoms with E-state index in [-0.39, 0.29) is 42.8 Å². The van der Waals surface area contributed by atoms with E-state index in [1.165, 1.54) is 31.2 Å². The first-order valence-electron chi connectivity index (χ1n) is 17.3. The second kappa shape index (κ2) is 15.3. The van der Waals surface area contributed by atoms with E-state index in [1.54, 1.807) is 38.6 Å². The summed E-state index contributed by atoms with van der Waals surface area (Å²) in [5.74, 6) is -0.886. The molecule has 0 bridgehead atoms. The largest absolute Gasteiger partial charge is 0.416 e. The maximum Gasteiger partial charge on any atom is 0.416 e. The lowest BCUT2D eigenvalue weighted by Crippen LogP contribution is -2.40. The number of carbonyl (C=O) groups is 1. The van der Waals surface area contributed by atoms with Gasteiger partial charge in [-0.25, -0.2) is 4.39 Å². The molecule has 1 aromatic heterocycles. The molecule has 0 spiro atoms. The van der Waals surface area contributed by atoms with Crippen molar-refractivity contribution in [3.63, 3.8) is 0 Å². The number of fused-ring (bicyclic) bond motifs is 1. The second-order valence-electron chi connectivity index (χ2n) is 11.2. The number of nitrogens with zero attached hydrogens (tertiary/aromatic N) is 4. The SMILES string of the molecule is [2H]C([2H])(Sc1nc(=O)c2c(n1CC(=O)N(CCN(CC)C([2H])([2H])C)Cc1ccc(-c3ccc(C(F)(F)F)cc3)cc1)CCC2)c1ccc(F)cc1. The predicted molar refractivity (Wildman–Crippen MR) is 177 cm³/mol. The molecule has 1 amide bonds. The van der Waals surface area contributed by atoms with Crippen LogP contribution in [0.2, 0.25) is 0 Å². The Balaban J connectivity index is 1.44. The highest BCUT2D eigenvalue weighted by molar-refractivity contribution is 7.98. The van der Waals surface area contributed by atoms with Crippen molar-refractivity contribution in [2.75, 3.05) is 26.1 Å². The van der Waals surface area contributed by atoms with Crippen molar-refractivity contribution in [3.05, 3.63) is 117 Å². The number of alkyl halides is 3. The quantitative estimate of drug-likeness (QED) is 0.0855. The van der Waals surface area contributed by atoms with Crippen molar-refractivity contribution in [2.45, 2.75) is 63.2 Å². The third kappa shape index (κ3) is 8.70. The molecule has 0 saturated heterocycles. The number of benzene rings is 3. The van der Waals surface area contributed by atoms with Crippen LogP contribution in [0.1, 0.15) is 53.7 Å². The summed E-state index contributed by atoms with van der Waals surface area (Å²) in [4.78, 5) is 34.6. The van der Waals surface area contributed by atoms with Crippen LogP contribution in [0, 0.1) is 5.82 Å². The van der Waals surface area contributed by atoms with E-state index in [0.717, 1.165) is 29.8 Å². The summed E-state index contributed by atoms with van der Waals surface area (Å²) >= 11 is 0.668. The van der Waals surface area contributed by atoms with Crippen LogP contribution in [0.25, 0.3) is 11.1 Å². The first-order valence-corrected chi connectivity index (χ1v) is 16.1. The van der Waals surface area contributed by atoms with Crippen molar-refractivity contribution >= 4 is 17.7 Å². The summed E-state index contributed by atoms with van der Waals surface area (Å²) in [5, 5.41) is 0.0178. The number of aromatic nitrogens is 2. The summed E-state index contributed by atoms with van der Waals surface area (Å²) in [5.41, 5.74) is -0.0664. The molecular weight excluding hydrogens is 628 g/mol. The number of halogens is 4. The molecule has 248 valence electrons. The van der Waals surface area contributed by atoms with E-state index >= 15 is 0 Å². The van der Waals surface area contributed by atoms with Gasteiger partial charge in [0.1, 0.15) is 12.4 Å². The van der Waals surface area contributed by atoms with Gasteiger partial charge in [-0.15, -0.1) is 0 Å². The van der Waals surface area contributed by atoms with E-state index in [9.17, 15) is 27.2 Å². The lowest BCUT2D eigenvalue weighted by molar-refractivity contribution is -0.137. The van der Waals surface area contributed by atoms with Crippen molar-refractivity contribution in [1.82, 2.24) is 19.4 Å². The molecule has 0 N–H and O–H groups in total. The lowest BCUT2D eigenvalue weighted by Gasteiger charge is -2.28. The van der Waals surface area contributed by atoms with Crippen LogP contribution in [0.5, 0.6) is 0 Å². The highest BCUT2D eigenvalue weighted by Crippen LogP contribution is 2.31. The van der Waals surface area contributed by atoms with E-state index in [4.69, 9.17) is 5.48 Å². The van der Waals surface area contributed by atoms with Gasteiger partial charge in [0.2, 0.25) is 5.91 Å². The molecule has 1 aliphatic carbocycles. The van der Waals surface area contributed by atoms with E-state index in [0.29, 0.717) is 60.0 Å². The Morgan fingerprint density at radius 3 is 2.19 bits per heavy atom. The Labute approximate surface area is 282 Å². The molecule has 0 saturated carbocycles. The van der Waals surface area contributed by atoms with Gasteiger partial charge in [0.05, 0.1) is 5.56 Å². The van der Waals surface area contributed by atoms with Gasteiger partial charge in [-0.05, 0) is 78.8 Å². The Hall–Kier alpha value is -3.96. The van der Waals surface area contributed by atoms with Gasteiger partial charge in [-0.2, -0.15) is 18.2 Å². The van der Waals surface area contributed by atoms with Crippen molar-refractivity contribution in [1.29, 1.82) is 0 Å². The first kappa shape index (κ1) is 29.2. The molecule has 47 heavy (non-hydrogen) atoms. The topological polar surface area (TPSA) is 58.4 Å². The Morgan fingerprint density at radius 2 is 1.57 bits per heavy atom. The van der Waals surface area contributed by atoms with Crippen LogP contribution < -0.4 is 5.56 Å². The van der Waals surface area contributed by atoms with Gasteiger partial charge in [-0.1, -0.05) is 74.1 Å². The van der Waals surface area contributed by atoms with Crippen LogP contribution in [0.4, 0.5) is 17.6 Å². The van der Waals surface area contributed by atoms with E-state index < -0.39 is 35.3 Å². The molecule has 0 aliphatic heterocycles. The fourth-order valence-electron chi connectivity index (χ4n) is 5.52. The van der Waals surface area contributed by atoms with Crippen LogP contribution in [-0.2, 0) is 42.6 Å². The maximum absolute atomic E-state index is 14.2. The van der Waals surface area contributed by atoms with Gasteiger partial charge < -0.3 is 14.4 Å². The average molecular weight is 671 g/mol. The third-order valence-electron chi connectivity index (χ3n) is 8.16. The first-order chi connectivity index (χ1) is 24.0. The highest BCUT2D eigenvalue weighted by atomic mass is 32.2. The molecule has 1 heterocycles. The molecule has 0 fully saturated rings. The molecule has 0 radical (unpaired) electrons. The van der Waals surface area contributed by atoms with Gasteiger partial charge in [-0.3, -0.25) is 9.59 Å². The van der Waals surface area contributed by atoms with Crippen LogP contribution >= 0.6 is 11.8 Å². The number of hydrogen-bond acceptors (Lipinski definition) is 5. The minimum Gasteiger partial charge on any atom is -0.336 e. The van der Waals surface area contributed by atoms with Crippen LogP contribution in [-0.4, -0.2) is 51.4 Å². The monoisotopic (exact) mass is 670 g/mol. The van der Waals surface area contributed by atoms with E-state index in [2.05, 4.69) is 4.98 Å². The van der Waals surface area contributed by atoms with Crippen molar-refractivity contribution in [3.8, 4) is 11.1 Å². The fourth-order valence-corrected chi connectivity index (χ4v) is 6.28. The zero-order valence-corrected chi connectivity index (χ0v) is 26.9. The van der Waals surface area contributed by atoms with Gasteiger partial charge in [0, 0.05) is 42.1 Å². The summed E-state index contributed by atoms with van der Waals surface area (Å²) in [6, 6.07) is 16.9. The average Bonchev–Trinajstić information content (AvgIpc) is 3.56. The van der Waals surface area contributed by atoms with Crippen molar-refractivity contribution in [2.24, 2.45) is 0 Å².